The predicted molar refractivity (Wildman–Crippen MR) is 46.4 cm³/mol. The molecule has 0 aliphatic carbocycles. The monoisotopic (exact) mass is 184 g/mol. The zero-order chi connectivity index (χ0) is 9.52. The summed E-state index contributed by atoms with van der Waals surface area (Å²) >= 11 is 0. The third kappa shape index (κ3) is 3.35. The van der Waals surface area contributed by atoms with E-state index >= 15 is 0 Å². The lowest BCUT2D eigenvalue weighted by Crippen LogP contribution is -2.23. The average molecular weight is 184 g/mol. The van der Waals surface area contributed by atoms with Gasteiger partial charge in [-0.1, -0.05) is 0 Å². The fourth-order valence-corrected chi connectivity index (χ4v) is 0.887. The van der Waals surface area contributed by atoms with Crippen LogP contribution in [0.4, 0.5) is 0 Å². The number of hydrogen-bond acceptors (Lipinski definition) is 4. The van der Waals surface area contributed by atoms with Crippen molar-refractivity contribution in [1.82, 2.24) is 9.55 Å². The standard InChI is InChI=1S/C8H12N2O3/c11-5-7-13-6-4-10-3-1-2-9-8(10)12/h1-3,11H,4-7H2. The number of hydrogen-bond donors (Lipinski definition) is 1. The van der Waals surface area contributed by atoms with E-state index < -0.39 is 0 Å². The van der Waals surface area contributed by atoms with E-state index in [1.165, 1.54) is 10.8 Å². The lowest BCUT2D eigenvalue weighted by molar-refractivity contribution is 0.0863. The van der Waals surface area contributed by atoms with Crippen LogP contribution in [0.1, 0.15) is 0 Å². The van der Waals surface area contributed by atoms with Crippen LogP contribution in [0, 0.1) is 0 Å². The number of aromatic nitrogens is 2. The molecule has 0 amide bonds. The van der Waals surface area contributed by atoms with Gasteiger partial charge in [0.2, 0.25) is 0 Å². The number of rotatable bonds is 5. The summed E-state index contributed by atoms with van der Waals surface area (Å²) in [5, 5.41) is 8.41. The summed E-state index contributed by atoms with van der Waals surface area (Å²) in [4.78, 5) is 14.6. The second-order valence-corrected chi connectivity index (χ2v) is 2.43. The quantitative estimate of drug-likeness (QED) is 0.612. The Labute approximate surface area is 75.6 Å². The van der Waals surface area contributed by atoms with Gasteiger partial charge in [-0.05, 0) is 6.07 Å². The summed E-state index contributed by atoms with van der Waals surface area (Å²) < 4.78 is 6.46. The highest BCUT2D eigenvalue weighted by molar-refractivity contribution is 4.80. The molecular formula is C8H12N2O3. The fraction of sp³-hybridized carbons (Fsp3) is 0.500. The number of aliphatic hydroxyl groups is 1. The van der Waals surface area contributed by atoms with Crippen molar-refractivity contribution >= 4 is 0 Å². The average Bonchev–Trinajstić information content (AvgIpc) is 2.15. The van der Waals surface area contributed by atoms with Crippen LogP contribution in [0.2, 0.25) is 0 Å². The van der Waals surface area contributed by atoms with Gasteiger partial charge in [-0.2, -0.15) is 0 Å². The van der Waals surface area contributed by atoms with Gasteiger partial charge in [-0.25, -0.2) is 9.78 Å². The molecule has 0 fully saturated rings. The van der Waals surface area contributed by atoms with Gasteiger partial charge >= 0.3 is 5.69 Å². The summed E-state index contributed by atoms with van der Waals surface area (Å²) in [5.41, 5.74) is -0.282. The first kappa shape index (κ1) is 9.88. The molecule has 1 heterocycles. The third-order valence-corrected chi connectivity index (χ3v) is 1.49. The van der Waals surface area contributed by atoms with E-state index in [0.29, 0.717) is 19.8 Å². The highest BCUT2D eigenvalue weighted by Gasteiger charge is 1.93. The molecule has 0 aliphatic heterocycles. The predicted octanol–water partition coefficient (Wildman–Crippen LogP) is -0.748. The Kier molecular flexibility index (Phi) is 4.14. The molecule has 0 bridgehead atoms. The van der Waals surface area contributed by atoms with Crippen molar-refractivity contribution in [2.45, 2.75) is 6.54 Å². The number of nitrogens with zero attached hydrogens (tertiary/aromatic N) is 2. The molecule has 0 spiro atoms. The van der Waals surface area contributed by atoms with Crippen LogP contribution in [0.3, 0.4) is 0 Å². The van der Waals surface area contributed by atoms with Gasteiger partial charge in [-0.3, -0.25) is 4.57 Å². The lowest BCUT2D eigenvalue weighted by atomic mass is 10.6. The van der Waals surface area contributed by atoms with Gasteiger partial charge in [0.1, 0.15) is 0 Å². The van der Waals surface area contributed by atoms with E-state index in [0.717, 1.165) is 0 Å². The smallest absolute Gasteiger partial charge is 0.347 e. The number of ether oxygens (including phenoxy) is 1. The molecule has 1 rings (SSSR count). The molecule has 1 aromatic rings. The molecule has 5 heteroatoms. The molecule has 72 valence electrons. The zero-order valence-corrected chi connectivity index (χ0v) is 7.22. The largest absolute Gasteiger partial charge is 0.394 e. The minimum absolute atomic E-state index is 0.00192. The molecular weight excluding hydrogens is 172 g/mol. The number of aliphatic hydroxyl groups excluding tert-OH is 1. The molecule has 5 nitrogen and oxygen atoms in total. The van der Waals surface area contributed by atoms with Crippen LogP contribution in [0.15, 0.2) is 23.3 Å². The highest BCUT2D eigenvalue weighted by Crippen LogP contribution is 1.81. The minimum Gasteiger partial charge on any atom is -0.394 e. The summed E-state index contributed by atoms with van der Waals surface area (Å²) in [6.07, 6.45) is 3.10. The normalized spacial score (nSPS) is 10.2. The Morgan fingerprint density at radius 1 is 1.54 bits per heavy atom. The van der Waals surface area contributed by atoms with Gasteiger partial charge in [0, 0.05) is 12.4 Å². The van der Waals surface area contributed by atoms with Crippen molar-refractivity contribution in [2.24, 2.45) is 0 Å². The zero-order valence-electron chi connectivity index (χ0n) is 7.22. The van der Waals surface area contributed by atoms with Crippen LogP contribution in [0.5, 0.6) is 0 Å². The van der Waals surface area contributed by atoms with E-state index in [9.17, 15) is 4.79 Å². The molecule has 0 aliphatic rings. The van der Waals surface area contributed by atoms with E-state index in [1.54, 1.807) is 12.3 Å². The van der Waals surface area contributed by atoms with Crippen molar-refractivity contribution in [3.8, 4) is 0 Å². The first-order chi connectivity index (χ1) is 6.34. The van der Waals surface area contributed by atoms with Crippen molar-refractivity contribution in [3.63, 3.8) is 0 Å². The van der Waals surface area contributed by atoms with Crippen molar-refractivity contribution < 1.29 is 9.84 Å². The topological polar surface area (TPSA) is 64.4 Å². The second-order valence-electron chi connectivity index (χ2n) is 2.43. The van der Waals surface area contributed by atoms with Crippen molar-refractivity contribution in [1.29, 1.82) is 0 Å². The van der Waals surface area contributed by atoms with Gasteiger partial charge in [0.05, 0.1) is 26.4 Å². The van der Waals surface area contributed by atoms with Gasteiger partial charge in [0.25, 0.3) is 0 Å². The molecule has 0 saturated heterocycles. The van der Waals surface area contributed by atoms with Crippen LogP contribution < -0.4 is 5.69 Å². The Morgan fingerprint density at radius 3 is 3.08 bits per heavy atom. The van der Waals surface area contributed by atoms with E-state index in [2.05, 4.69) is 4.98 Å². The molecule has 1 N–H and O–H groups in total. The minimum atomic E-state index is -0.282. The molecule has 0 radical (unpaired) electrons. The van der Waals surface area contributed by atoms with Gasteiger partial charge in [0.15, 0.2) is 0 Å². The highest BCUT2D eigenvalue weighted by atomic mass is 16.5. The molecule has 0 aromatic carbocycles. The molecule has 0 unspecified atom stereocenters. The van der Waals surface area contributed by atoms with Crippen LogP contribution in [-0.4, -0.2) is 34.5 Å². The molecule has 13 heavy (non-hydrogen) atoms. The maximum Gasteiger partial charge on any atom is 0.347 e. The SMILES string of the molecule is O=c1ncccn1CCOCCO. The third-order valence-electron chi connectivity index (χ3n) is 1.49. The lowest BCUT2D eigenvalue weighted by Gasteiger charge is -2.03. The summed E-state index contributed by atoms with van der Waals surface area (Å²) in [6.45, 7) is 1.18. The van der Waals surface area contributed by atoms with Gasteiger partial charge in [-0.15, -0.1) is 0 Å². The molecule has 0 saturated carbocycles. The van der Waals surface area contributed by atoms with E-state index in [1.807, 2.05) is 0 Å². The van der Waals surface area contributed by atoms with Crippen LogP contribution >= 0.6 is 0 Å². The molecule has 1 aromatic heterocycles. The Bertz CT molecular complexity index is 297. The molecule has 0 atom stereocenters. The van der Waals surface area contributed by atoms with E-state index in [4.69, 9.17) is 9.84 Å². The van der Waals surface area contributed by atoms with Gasteiger partial charge < -0.3 is 9.84 Å². The second kappa shape index (κ2) is 5.45. The Morgan fingerprint density at radius 2 is 2.38 bits per heavy atom. The first-order valence-corrected chi connectivity index (χ1v) is 4.04. The maximum absolute atomic E-state index is 11.0. The van der Waals surface area contributed by atoms with Crippen molar-refractivity contribution in [2.75, 3.05) is 19.8 Å². The van der Waals surface area contributed by atoms with Crippen molar-refractivity contribution in [3.05, 3.63) is 28.9 Å². The summed E-state index contributed by atoms with van der Waals surface area (Å²) in [6, 6.07) is 1.69. The maximum atomic E-state index is 11.0. The van der Waals surface area contributed by atoms with Crippen LogP contribution in [-0.2, 0) is 11.3 Å². The summed E-state index contributed by atoms with van der Waals surface area (Å²) in [5.74, 6) is 0. The van der Waals surface area contributed by atoms with Crippen LogP contribution in [0.25, 0.3) is 0 Å². The Balaban J connectivity index is 2.37. The Hall–Kier alpha value is -1.20. The summed E-state index contributed by atoms with van der Waals surface area (Å²) in [7, 11) is 0. The first-order valence-electron chi connectivity index (χ1n) is 4.04. The fourth-order valence-electron chi connectivity index (χ4n) is 0.887. The van der Waals surface area contributed by atoms with E-state index in [-0.39, 0.29) is 12.3 Å².